The molecule has 194 valence electrons. The molecule has 4 aromatic rings. The van der Waals surface area contributed by atoms with Crippen LogP contribution in [0.3, 0.4) is 0 Å². The molecule has 1 aromatic heterocycles. The van der Waals surface area contributed by atoms with E-state index in [2.05, 4.69) is 16.0 Å². The number of amides is 1. The number of nitrogens with one attached hydrogen (secondary N) is 2. The number of hydrazine groups is 1. The number of halogens is 5. The van der Waals surface area contributed by atoms with Crippen molar-refractivity contribution in [3.05, 3.63) is 109 Å². The molecule has 1 amide bonds. The van der Waals surface area contributed by atoms with Gasteiger partial charge in [-0.25, -0.2) is 9.07 Å². The molecular formula is C26H17Cl4FN4O2S. The SMILES string of the molecule is O=C(NNc1ccc(Cl)cc1Cl)c1nn(-c2ccc(Cl)cc2Cl)c2c1CS(=O)CC2=Cc1ccc(F)cc1. The molecule has 1 atom stereocenters. The molecule has 1 aliphatic rings. The van der Waals surface area contributed by atoms with Gasteiger partial charge >= 0.3 is 0 Å². The van der Waals surface area contributed by atoms with Crippen molar-refractivity contribution in [3.8, 4) is 5.69 Å². The quantitative estimate of drug-likeness (QED) is 0.235. The molecular weight excluding hydrogens is 593 g/mol. The van der Waals surface area contributed by atoms with Crippen LogP contribution in [0.5, 0.6) is 0 Å². The maximum atomic E-state index is 13.5. The topological polar surface area (TPSA) is 76.0 Å². The van der Waals surface area contributed by atoms with Crippen molar-refractivity contribution >= 4 is 80.4 Å². The monoisotopic (exact) mass is 608 g/mol. The van der Waals surface area contributed by atoms with Crippen LogP contribution in [0.15, 0.2) is 60.7 Å². The molecule has 0 spiro atoms. The van der Waals surface area contributed by atoms with Crippen molar-refractivity contribution in [2.24, 2.45) is 0 Å². The summed E-state index contributed by atoms with van der Waals surface area (Å²) in [5, 5.41) is 6.09. The zero-order chi connectivity index (χ0) is 27.0. The Morgan fingerprint density at radius 1 is 0.947 bits per heavy atom. The van der Waals surface area contributed by atoms with Crippen LogP contribution < -0.4 is 10.9 Å². The van der Waals surface area contributed by atoms with E-state index in [4.69, 9.17) is 46.4 Å². The van der Waals surface area contributed by atoms with Crippen molar-refractivity contribution < 1.29 is 13.4 Å². The van der Waals surface area contributed by atoms with Crippen LogP contribution in [0.4, 0.5) is 10.1 Å². The predicted octanol–water partition coefficient (Wildman–Crippen LogP) is 7.18. The van der Waals surface area contributed by atoms with E-state index in [0.717, 1.165) is 0 Å². The Morgan fingerprint density at radius 3 is 2.32 bits per heavy atom. The van der Waals surface area contributed by atoms with E-state index in [1.54, 1.807) is 53.2 Å². The van der Waals surface area contributed by atoms with Gasteiger partial charge in [-0.15, -0.1) is 0 Å². The largest absolute Gasteiger partial charge is 0.297 e. The average molecular weight is 610 g/mol. The van der Waals surface area contributed by atoms with Crippen molar-refractivity contribution in [1.82, 2.24) is 15.2 Å². The molecule has 0 saturated heterocycles. The van der Waals surface area contributed by atoms with Crippen molar-refractivity contribution in [2.45, 2.75) is 5.75 Å². The molecule has 2 N–H and O–H groups in total. The molecule has 0 aliphatic carbocycles. The fraction of sp³-hybridized carbons (Fsp3) is 0.0769. The van der Waals surface area contributed by atoms with Gasteiger partial charge in [0.15, 0.2) is 5.69 Å². The average Bonchev–Trinajstić information content (AvgIpc) is 3.24. The van der Waals surface area contributed by atoms with Crippen LogP contribution >= 0.6 is 46.4 Å². The number of carbonyl (C=O) groups excluding carboxylic acids is 1. The second kappa shape index (κ2) is 11.1. The molecule has 0 radical (unpaired) electrons. The van der Waals surface area contributed by atoms with Gasteiger partial charge in [-0.1, -0.05) is 58.5 Å². The lowest BCUT2D eigenvalue weighted by Crippen LogP contribution is -2.31. The number of nitrogens with zero attached hydrogens (tertiary/aromatic N) is 2. The summed E-state index contributed by atoms with van der Waals surface area (Å²) in [6, 6.07) is 15.6. The van der Waals surface area contributed by atoms with Crippen molar-refractivity contribution in [1.29, 1.82) is 0 Å². The Labute approximate surface area is 239 Å². The molecule has 0 saturated carbocycles. The number of aromatic nitrogens is 2. The molecule has 5 rings (SSSR count). The van der Waals surface area contributed by atoms with Gasteiger partial charge in [0, 0.05) is 26.4 Å². The summed E-state index contributed by atoms with van der Waals surface area (Å²) in [6.45, 7) is 0. The van der Waals surface area contributed by atoms with Gasteiger partial charge in [-0.2, -0.15) is 5.10 Å². The first-order valence-electron chi connectivity index (χ1n) is 11.1. The number of anilines is 1. The molecule has 2 heterocycles. The summed E-state index contributed by atoms with van der Waals surface area (Å²) >= 11 is 24.8. The Hall–Kier alpha value is -2.88. The van der Waals surface area contributed by atoms with E-state index in [1.165, 1.54) is 18.2 Å². The lowest BCUT2D eigenvalue weighted by Gasteiger charge is -2.19. The Bertz CT molecular complexity index is 1620. The maximum Gasteiger partial charge on any atom is 0.290 e. The molecule has 1 aliphatic heterocycles. The number of fused-ring (bicyclic) bond motifs is 1. The predicted molar refractivity (Wildman–Crippen MR) is 152 cm³/mol. The fourth-order valence-electron chi connectivity index (χ4n) is 4.02. The first kappa shape index (κ1) is 26.7. The van der Waals surface area contributed by atoms with E-state index in [9.17, 15) is 13.4 Å². The Balaban J connectivity index is 1.61. The Morgan fingerprint density at radius 2 is 1.63 bits per heavy atom. The second-order valence-corrected chi connectivity index (χ2v) is 11.5. The second-order valence-electron chi connectivity index (χ2n) is 8.34. The number of hydrogen-bond acceptors (Lipinski definition) is 4. The van der Waals surface area contributed by atoms with Crippen molar-refractivity contribution in [2.75, 3.05) is 11.2 Å². The fourth-order valence-corrected chi connectivity index (χ4v) is 6.23. The molecule has 3 aromatic carbocycles. The lowest BCUT2D eigenvalue weighted by molar-refractivity contribution is 0.0956. The maximum absolute atomic E-state index is 13.5. The highest BCUT2D eigenvalue weighted by Gasteiger charge is 2.32. The highest BCUT2D eigenvalue weighted by Crippen LogP contribution is 2.36. The van der Waals surface area contributed by atoms with Crippen LogP contribution in [0, 0.1) is 5.82 Å². The minimum Gasteiger partial charge on any atom is -0.297 e. The van der Waals surface area contributed by atoms with E-state index < -0.39 is 16.7 Å². The first-order valence-corrected chi connectivity index (χ1v) is 14.1. The van der Waals surface area contributed by atoms with Gasteiger partial charge < -0.3 is 0 Å². The van der Waals surface area contributed by atoms with Crippen LogP contribution in [-0.4, -0.2) is 25.6 Å². The van der Waals surface area contributed by atoms with Gasteiger partial charge in [-0.3, -0.25) is 19.9 Å². The lowest BCUT2D eigenvalue weighted by atomic mass is 10.0. The third-order valence-electron chi connectivity index (χ3n) is 5.72. The standard InChI is InChI=1S/C26H17Cl4FN4O2S/c27-16-3-7-22(20(29)10-16)32-33-26(36)24-19-13-38(37)12-15(9-14-1-5-18(31)6-2-14)25(19)35(34-24)23-8-4-17(28)11-21(23)30/h1-11,32H,12-13H2,(H,33,36). The number of carbonyl (C=O) groups is 1. The normalized spacial score (nSPS) is 15.8. The van der Waals surface area contributed by atoms with Gasteiger partial charge in [-0.05, 0) is 65.7 Å². The van der Waals surface area contributed by atoms with Gasteiger partial charge in [0.25, 0.3) is 5.91 Å². The third kappa shape index (κ3) is 5.60. The van der Waals surface area contributed by atoms with Crippen LogP contribution in [0.25, 0.3) is 17.3 Å². The van der Waals surface area contributed by atoms with Crippen LogP contribution in [0.1, 0.15) is 27.3 Å². The van der Waals surface area contributed by atoms with Gasteiger partial charge in [0.2, 0.25) is 0 Å². The van der Waals surface area contributed by atoms with E-state index >= 15 is 0 Å². The number of hydrogen-bond donors (Lipinski definition) is 2. The number of benzene rings is 3. The zero-order valence-corrected chi connectivity index (χ0v) is 23.1. The van der Waals surface area contributed by atoms with Crippen LogP contribution in [-0.2, 0) is 16.6 Å². The summed E-state index contributed by atoms with van der Waals surface area (Å²) in [6.07, 6.45) is 1.80. The molecule has 0 fully saturated rings. The highest BCUT2D eigenvalue weighted by atomic mass is 35.5. The summed E-state index contributed by atoms with van der Waals surface area (Å²) in [4.78, 5) is 13.3. The van der Waals surface area contributed by atoms with Crippen LogP contribution in [0.2, 0.25) is 20.1 Å². The van der Waals surface area contributed by atoms with E-state index in [-0.39, 0.29) is 23.0 Å². The van der Waals surface area contributed by atoms with Crippen molar-refractivity contribution in [3.63, 3.8) is 0 Å². The summed E-state index contributed by atoms with van der Waals surface area (Å²) < 4.78 is 28.0. The highest BCUT2D eigenvalue weighted by molar-refractivity contribution is 7.84. The summed E-state index contributed by atoms with van der Waals surface area (Å²) in [5.41, 5.74) is 8.75. The zero-order valence-electron chi connectivity index (χ0n) is 19.3. The first-order chi connectivity index (χ1) is 18.2. The van der Waals surface area contributed by atoms with E-state index in [0.29, 0.717) is 53.9 Å². The third-order valence-corrected chi connectivity index (χ3v) is 8.04. The minimum atomic E-state index is -1.32. The van der Waals surface area contributed by atoms with Gasteiger partial charge in [0.1, 0.15) is 5.82 Å². The minimum absolute atomic E-state index is 0.0571. The molecule has 1 unspecified atom stereocenters. The smallest absolute Gasteiger partial charge is 0.290 e. The Kier molecular flexibility index (Phi) is 7.79. The number of rotatable bonds is 5. The van der Waals surface area contributed by atoms with Gasteiger partial charge in [0.05, 0.1) is 38.6 Å². The summed E-state index contributed by atoms with van der Waals surface area (Å²) in [7, 11) is -1.32. The molecule has 38 heavy (non-hydrogen) atoms. The molecule has 6 nitrogen and oxygen atoms in total. The molecule has 0 bridgehead atoms. The molecule has 12 heteroatoms. The van der Waals surface area contributed by atoms with E-state index in [1.807, 2.05) is 0 Å². The summed E-state index contributed by atoms with van der Waals surface area (Å²) in [5.74, 6) is -0.631.